The monoisotopic (exact) mass is 308 g/mol. The Balaban J connectivity index is 1.82. The Bertz CT molecular complexity index is 607. The van der Waals surface area contributed by atoms with Crippen molar-refractivity contribution in [2.24, 2.45) is 5.92 Å². The normalized spacial score (nSPS) is 18.7. The zero-order chi connectivity index (χ0) is 14.1. The Morgan fingerprint density at radius 1 is 1.60 bits per heavy atom. The quantitative estimate of drug-likeness (QED) is 0.948. The van der Waals surface area contributed by atoms with E-state index in [9.17, 15) is 9.90 Å². The van der Waals surface area contributed by atoms with Crippen molar-refractivity contribution in [3.8, 4) is 10.6 Å². The maximum absolute atomic E-state index is 12.5. The van der Waals surface area contributed by atoms with Gasteiger partial charge in [0.15, 0.2) is 0 Å². The van der Waals surface area contributed by atoms with Crippen LogP contribution in [-0.2, 0) is 0 Å². The first-order valence-corrected chi connectivity index (χ1v) is 8.35. The fourth-order valence-corrected chi connectivity index (χ4v) is 4.16. The number of hydrogen-bond acceptors (Lipinski definition) is 5. The van der Waals surface area contributed by atoms with E-state index < -0.39 is 0 Å². The number of aliphatic hydroxyl groups excluding tert-OH is 1. The summed E-state index contributed by atoms with van der Waals surface area (Å²) in [5.41, 5.74) is 1.88. The van der Waals surface area contributed by atoms with Crippen LogP contribution in [-0.4, -0.2) is 40.6 Å². The smallest absolute Gasteiger partial charge is 0.265 e. The molecule has 2 aromatic heterocycles. The number of carbonyl (C=O) groups excluding carboxylic acids is 1. The van der Waals surface area contributed by atoms with E-state index in [-0.39, 0.29) is 18.4 Å². The summed E-state index contributed by atoms with van der Waals surface area (Å²) in [6.45, 7) is 3.43. The van der Waals surface area contributed by atoms with Crippen molar-refractivity contribution in [1.29, 1.82) is 0 Å². The second-order valence-corrected chi connectivity index (χ2v) is 6.81. The Kier molecular flexibility index (Phi) is 3.87. The number of aryl methyl sites for hydroxylation is 1. The minimum Gasteiger partial charge on any atom is -0.396 e. The molecule has 0 aliphatic carbocycles. The maximum Gasteiger partial charge on any atom is 0.265 e. The van der Waals surface area contributed by atoms with Crippen molar-refractivity contribution >= 4 is 28.6 Å². The van der Waals surface area contributed by atoms with Crippen molar-refractivity contribution in [2.45, 2.75) is 13.3 Å². The van der Waals surface area contributed by atoms with E-state index in [0.29, 0.717) is 6.54 Å². The van der Waals surface area contributed by atoms with E-state index in [1.165, 1.54) is 11.3 Å². The number of thiazole rings is 1. The fraction of sp³-hybridized carbons (Fsp3) is 0.429. The standard InChI is InChI=1S/C14H16N2O2S2/c1-9-12(14(18)16-4-2-10(6-16)7-17)20-13(15-9)11-3-5-19-8-11/h3,5,8,10,17H,2,4,6-7H2,1H3. The lowest BCUT2D eigenvalue weighted by atomic mass is 10.1. The third-order valence-electron chi connectivity index (χ3n) is 3.59. The number of nitrogens with zero attached hydrogens (tertiary/aromatic N) is 2. The maximum atomic E-state index is 12.5. The summed E-state index contributed by atoms with van der Waals surface area (Å²) in [7, 11) is 0. The van der Waals surface area contributed by atoms with Crippen LogP contribution >= 0.6 is 22.7 Å². The fourth-order valence-electron chi connectivity index (χ4n) is 2.41. The largest absolute Gasteiger partial charge is 0.396 e. The minimum absolute atomic E-state index is 0.0532. The van der Waals surface area contributed by atoms with E-state index in [2.05, 4.69) is 4.98 Å². The van der Waals surface area contributed by atoms with Crippen LogP contribution in [0.3, 0.4) is 0 Å². The number of hydrogen-bond donors (Lipinski definition) is 1. The molecule has 1 aliphatic heterocycles. The highest BCUT2D eigenvalue weighted by Gasteiger charge is 2.28. The molecule has 1 saturated heterocycles. The molecule has 20 heavy (non-hydrogen) atoms. The predicted molar refractivity (Wildman–Crippen MR) is 81.3 cm³/mol. The lowest BCUT2D eigenvalue weighted by molar-refractivity contribution is 0.0785. The van der Waals surface area contributed by atoms with Crippen LogP contribution in [0.1, 0.15) is 21.8 Å². The number of rotatable bonds is 3. The first kappa shape index (κ1) is 13.7. The summed E-state index contributed by atoms with van der Waals surface area (Å²) in [6, 6.07) is 2.02. The van der Waals surface area contributed by atoms with Crippen molar-refractivity contribution in [1.82, 2.24) is 9.88 Å². The summed E-state index contributed by atoms with van der Waals surface area (Å²) in [4.78, 5) is 19.6. The van der Waals surface area contributed by atoms with Gasteiger partial charge in [0, 0.05) is 36.6 Å². The highest BCUT2D eigenvalue weighted by Crippen LogP contribution is 2.31. The van der Waals surface area contributed by atoms with Gasteiger partial charge in [0.2, 0.25) is 0 Å². The number of carbonyl (C=O) groups is 1. The van der Waals surface area contributed by atoms with Gasteiger partial charge in [0.1, 0.15) is 9.88 Å². The summed E-state index contributed by atoms with van der Waals surface area (Å²) < 4.78 is 0. The van der Waals surface area contributed by atoms with Crippen LogP contribution in [0.4, 0.5) is 0 Å². The highest BCUT2D eigenvalue weighted by molar-refractivity contribution is 7.17. The molecule has 0 aromatic carbocycles. The SMILES string of the molecule is Cc1nc(-c2ccsc2)sc1C(=O)N1CCC(CO)C1. The Hall–Kier alpha value is -1.24. The van der Waals surface area contributed by atoms with E-state index in [1.54, 1.807) is 11.3 Å². The third-order valence-corrected chi connectivity index (χ3v) is 5.47. The van der Waals surface area contributed by atoms with Gasteiger partial charge >= 0.3 is 0 Å². The number of thiophene rings is 1. The van der Waals surface area contributed by atoms with E-state index in [1.807, 2.05) is 28.7 Å². The molecule has 2 aromatic rings. The molecular weight excluding hydrogens is 292 g/mol. The van der Waals surface area contributed by atoms with E-state index >= 15 is 0 Å². The Labute approximate surface area is 125 Å². The zero-order valence-corrected chi connectivity index (χ0v) is 12.8. The van der Waals surface area contributed by atoms with Gasteiger partial charge in [-0.05, 0) is 24.8 Å². The van der Waals surface area contributed by atoms with Crippen LogP contribution in [0.15, 0.2) is 16.8 Å². The first-order valence-electron chi connectivity index (χ1n) is 6.59. The molecule has 1 fully saturated rings. The van der Waals surface area contributed by atoms with Gasteiger partial charge in [0.25, 0.3) is 5.91 Å². The van der Waals surface area contributed by atoms with Crippen LogP contribution in [0.5, 0.6) is 0 Å². The van der Waals surface area contributed by atoms with Gasteiger partial charge < -0.3 is 10.0 Å². The van der Waals surface area contributed by atoms with Crippen molar-refractivity contribution in [2.75, 3.05) is 19.7 Å². The summed E-state index contributed by atoms with van der Waals surface area (Å²) >= 11 is 3.09. The minimum atomic E-state index is 0.0532. The average Bonchev–Trinajstić information content (AvgIpc) is 3.18. The molecule has 1 amide bonds. The van der Waals surface area contributed by atoms with Gasteiger partial charge in [-0.15, -0.1) is 11.3 Å². The summed E-state index contributed by atoms with van der Waals surface area (Å²) in [5, 5.41) is 14.1. The first-order chi connectivity index (χ1) is 9.69. The summed E-state index contributed by atoms with van der Waals surface area (Å²) in [6.07, 6.45) is 0.886. The highest BCUT2D eigenvalue weighted by atomic mass is 32.1. The Morgan fingerprint density at radius 3 is 3.10 bits per heavy atom. The molecule has 4 nitrogen and oxygen atoms in total. The van der Waals surface area contributed by atoms with Gasteiger partial charge in [0.05, 0.1) is 5.69 Å². The van der Waals surface area contributed by atoms with Crippen molar-refractivity contribution < 1.29 is 9.90 Å². The third kappa shape index (κ3) is 2.51. The molecule has 3 heterocycles. The van der Waals surface area contributed by atoms with Crippen LogP contribution in [0.25, 0.3) is 10.6 Å². The van der Waals surface area contributed by atoms with Gasteiger partial charge in [-0.25, -0.2) is 4.98 Å². The lowest BCUT2D eigenvalue weighted by Crippen LogP contribution is -2.29. The molecule has 6 heteroatoms. The molecular formula is C14H16N2O2S2. The second-order valence-electron chi connectivity index (χ2n) is 5.03. The summed E-state index contributed by atoms with van der Waals surface area (Å²) in [5.74, 6) is 0.279. The number of amides is 1. The molecule has 3 rings (SSSR count). The molecule has 0 spiro atoms. The van der Waals surface area contributed by atoms with Crippen LogP contribution in [0.2, 0.25) is 0 Å². The molecule has 0 bridgehead atoms. The average molecular weight is 308 g/mol. The molecule has 0 saturated carbocycles. The number of likely N-dealkylation sites (tertiary alicyclic amines) is 1. The molecule has 106 valence electrons. The van der Waals surface area contributed by atoms with Crippen LogP contribution < -0.4 is 0 Å². The second kappa shape index (κ2) is 5.63. The number of aromatic nitrogens is 1. The van der Waals surface area contributed by atoms with Crippen molar-refractivity contribution in [3.63, 3.8) is 0 Å². The molecule has 1 aliphatic rings. The van der Waals surface area contributed by atoms with Gasteiger partial charge in [-0.1, -0.05) is 0 Å². The van der Waals surface area contributed by atoms with Crippen LogP contribution in [0, 0.1) is 12.8 Å². The van der Waals surface area contributed by atoms with Gasteiger partial charge in [-0.3, -0.25) is 4.79 Å². The molecule has 1 unspecified atom stereocenters. The lowest BCUT2D eigenvalue weighted by Gasteiger charge is -2.15. The molecule has 0 radical (unpaired) electrons. The van der Waals surface area contributed by atoms with E-state index in [4.69, 9.17) is 0 Å². The van der Waals surface area contributed by atoms with Crippen molar-refractivity contribution in [3.05, 3.63) is 27.4 Å². The molecule has 1 N–H and O–H groups in total. The zero-order valence-electron chi connectivity index (χ0n) is 11.2. The van der Waals surface area contributed by atoms with E-state index in [0.717, 1.165) is 34.1 Å². The Morgan fingerprint density at radius 2 is 2.45 bits per heavy atom. The topological polar surface area (TPSA) is 53.4 Å². The molecule has 1 atom stereocenters. The number of aliphatic hydroxyl groups is 1. The predicted octanol–water partition coefficient (Wildman–Crippen LogP) is 2.63. The van der Waals surface area contributed by atoms with Gasteiger partial charge in [-0.2, -0.15) is 11.3 Å².